The summed E-state index contributed by atoms with van der Waals surface area (Å²) in [4.78, 5) is 31.1. The van der Waals surface area contributed by atoms with Crippen LogP contribution < -0.4 is 4.90 Å². The zero-order valence-corrected chi connectivity index (χ0v) is 15.9. The number of ketones is 1. The van der Waals surface area contributed by atoms with Crippen LogP contribution in [0.5, 0.6) is 0 Å². The summed E-state index contributed by atoms with van der Waals surface area (Å²) in [5.41, 5.74) is 0.474. The fourth-order valence-corrected chi connectivity index (χ4v) is 9.20. The van der Waals surface area contributed by atoms with Gasteiger partial charge in [-0.15, -0.1) is 0 Å². The lowest BCUT2D eigenvalue weighted by molar-refractivity contribution is -0.229. The Kier molecular flexibility index (Phi) is 2.54. The van der Waals surface area contributed by atoms with Crippen LogP contribution in [0.1, 0.15) is 31.2 Å². The fourth-order valence-electron chi connectivity index (χ4n) is 9.20. The molecule has 3 heterocycles. The van der Waals surface area contributed by atoms with Gasteiger partial charge in [-0.1, -0.05) is 18.2 Å². The molecule has 0 radical (unpaired) electrons. The van der Waals surface area contributed by atoms with Gasteiger partial charge in [-0.25, -0.2) is 4.79 Å². The largest absolute Gasteiger partial charge is 0.452 e. The van der Waals surface area contributed by atoms with E-state index in [0.29, 0.717) is 0 Å². The minimum absolute atomic E-state index is 0.145. The summed E-state index contributed by atoms with van der Waals surface area (Å²) >= 11 is 0. The van der Waals surface area contributed by atoms with Crippen LogP contribution >= 0.6 is 0 Å². The molecule has 7 atom stereocenters. The molecule has 6 bridgehead atoms. The van der Waals surface area contributed by atoms with Crippen molar-refractivity contribution >= 4 is 17.6 Å². The number of para-hydroxylation sites is 1. The highest BCUT2D eigenvalue weighted by atomic mass is 16.5. The number of carbonyl (C=O) groups excluding carboxylic acids is 2. The summed E-state index contributed by atoms with van der Waals surface area (Å²) in [6.45, 7) is 1.77. The molecule has 7 unspecified atom stereocenters. The molecule has 1 aromatic rings. The van der Waals surface area contributed by atoms with Crippen molar-refractivity contribution in [3.63, 3.8) is 0 Å². The number of ether oxygens (including phenoxy) is 1. The molecule has 1 amide bonds. The normalized spacial score (nSPS) is 49.4. The smallest absolute Gasteiger partial charge is 0.414 e. The van der Waals surface area contributed by atoms with Crippen LogP contribution in [-0.4, -0.2) is 59.8 Å². The zero-order valence-electron chi connectivity index (χ0n) is 15.9. The number of amides is 1. The molecule has 6 nitrogen and oxygen atoms in total. The van der Waals surface area contributed by atoms with Gasteiger partial charge in [0.2, 0.25) is 0 Å². The highest BCUT2D eigenvalue weighted by Crippen LogP contribution is 2.80. The van der Waals surface area contributed by atoms with Crippen molar-refractivity contribution in [2.24, 2.45) is 17.3 Å². The third-order valence-electron chi connectivity index (χ3n) is 9.50. The van der Waals surface area contributed by atoms with Gasteiger partial charge in [0.1, 0.15) is 5.78 Å². The summed E-state index contributed by atoms with van der Waals surface area (Å²) in [6.07, 6.45) is 2.49. The number of carbonyl (C=O) groups is 2. The van der Waals surface area contributed by atoms with Crippen molar-refractivity contribution in [1.82, 2.24) is 4.90 Å². The van der Waals surface area contributed by atoms with Crippen LogP contribution in [0, 0.1) is 17.3 Å². The summed E-state index contributed by atoms with van der Waals surface area (Å²) in [5.74, 6) is -0.261. The third kappa shape index (κ3) is 1.18. The van der Waals surface area contributed by atoms with Crippen LogP contribution in [0.25, 0.3) is 0 Å². The number of Topliss-reactive ketones (excluding diaryl/α,β-unsaturated/α-hetero) is 1. The standard InChI is InChI=1S/C22H24N2O4/c1-28-19(27)24-14-6-3-2-5-12(14)22-13-11-23-10-4-7-20(18(22)23)8-9-21(22,24)17(26)15(20)16(13)25/h2-3,5-6,13,15,17-18,26H,4,7-11H2,1H3. The molecule has 6 heteroatoms. The molecule has 8 aliphatic rings. The number of methoxy groups -OCH3 is 1. The predicted octanol–water partition coefficient (Wildman–Crippen LogP) is 1.70. The summed E-state index contributed by atoms with van der Waals surface area (Å²) < 4.78 is 5.22. The summed E-state index contributed by atoms with van der Waals surface area (Å²) in [6, 6.07) is 8.24. The Morgan fingerprint density at radius 2 is 2.07 bits per heavy atom. The van der Waals surface area contributed by atoms with Crippen molar-refractivity contribution < 1.29 is 19.4 Å². The second-order valence-corrected chi connectivity index (χ2v) is 9.73. The first-order valence-electron chi connectivity index (χ1n) is 10.5. The molecule has 146 valence electrons. The van der Waals surface area contributed by atoms with Gasteiger partial charge >= 0.3 is 6.09 Å². The maximum absolute atomic E-state index is 13.8. The number of anilines is 1. The highest BCUT2D eigenvalue weighted by molar-refractivity contribution is 6.01. The van der Waals surface area contributed by atoms with Crippen molar-refractivity contribution in [3.8, 4) is 0 Å². The first-order chi connectivity index (χ1) is 13.6. The minimum Gasteiger partial charge on any atom is -0.452 e. The van der Waals surface area contributed by atoms with Gasteiger partial charge < -0.3 is 9.84 Å². The molecule has 28 heavy (non-hydrogen) atoms. The molecule has 1 N–H and O–H groups in total. The van der Waals surface area contributed by atoms with E-state index in [9.17, 15) is 14.7 Å². The molecule has 9 rings (SSSR count). The Morgan fingerprint density at radius 3 is 2.89 bits per heavy atom. The lowest BCUT2D eigenvalue weighted by Gasteiger charge is -2.75. The molecule has 2 saturated heterocycles. The van der Waals surface area contributed by atoms with Crippen LogP contribution in [-0.2, 0) is 14.9 Å². The summed E-state index contributed by atoms with van der Waals surface area (Å²) in [5, 5.41) is 11.8. The predicted molar refractivity (Wildman–Crippen MR) is 100.0 cm³/mol. The summed E-state index contributed by atoms with van der Waals surface area (Å²) in [7, 11) is 1.41. The van der Waals surface area contributed by atoms with Crippen LogP contribution in [0.2, 0.25) is 0 Å². The van der Waals surface area contributed by atoms with Gasteiger partial charge in [-0.3, -0.25) is 14.6 Å². The van der Waals surface area contributed by atoms with E-state index in [-0.39, 0.29) is 29.1 Å². The van der Waals surface area contributed by atoms with Gasteiger partial charge in [0.15, 0.2) is 0 Å². The zero-order chi connectivity index (χ0) is 19.1. The number of hydrogen-bond donors (Lipinski definition) is 1. The van der Waals surface area contributed by atoms with Crippen LogP contribution in [0.4, 0.5) is 10.5 Å². The SMILES string of the molecule is COC(=O)N1c2ccccc2C23C4CN5CCCC6(CCC12C(O)C6C4=O)C53. The van der Waals surface area contributed by atoms with Gasteiger partial charge in [0.25, 0.3) is 0 Å². The van der Waals surface area contributed by atoms with Crippen molar-refractivity contribution in [2.75, 3.05) is 25.1 Å². The van der Waals surface area contributed by atoms with E-state index in [4.69, 9.17) is 4.74 Å². The molecule has 0 aromatic heterocycles. The van der Waals surface area contributed by atoms with Gasteiger partial charge in [-0.05, 0) is 49.3 Å². The fraction of sp³-hybridized carbons (Fsp3) is 0.636. The first kappa shape index (κ1) is 15.9. The van der Waals surface area contributed by atoms with E-state index in [0.717, 1.165) is 50.0 Å². The van der Waals surface area contributed by atoms with E-state index >= 15 is 0 Å². The lowest BCUT2D eigenvalue weighted by Crippen LogP contribution is -2.88. The Balaban J connectivity index is 1.64. The average molecular weight is 380 g/mol. The van der Waals surface area contributed by atoms with Gasteiger partial charge in [0, 0.05) is 18.5 Å². The lowest BCUT2D eigenvalue weighted by atomic mass is 9.31. The van der Waals surface area contributed by atoms with E-state index in [1.54, 1.807) is 4.90 Å². The van der Waals surface area contributed by atoms with Crippen LogP contribution in [0.15, 0.2) is 24.3 Å². The number of benzene rings is 1. The molecule has 1 aromatic carbocycles. The molecule has 5 saturated carbocycles. The van der Waals surface area contributed by atoms with Crippen molar-refractivity contribution in [1.29, 1.82) is 0 Å². The molecule has 3 spiro atoms. The number of nitrogens with zero attached hydrogens (tertiary/aromatic N) is 2. The Bertz CT molecular complexity index is 964. The second kappa shape index (κ2) is 4.46. The number of aliphatic hydroxyl groups is 1. The Hall–Kier alpha value is -1.92. The molecular formula is C22H24N2O4. The molecule has 5 aliphatic carbocycles. The Labute approximate surface area is 163 Å². The third-order valence-corrected chi connectivity index (χ3v) is 9.50. The average Bonchev–Trinajstić information content (AvgIpc) is 3.19. The Morgan fingerprint density at radius 1 is 1.25 bits per heavy atom. The topological polar surface area (TPSA) is 70.1 Å². The second-order valence-electron chi connectivity index (χ2n) is 9.73. The monoisotopic (exact) mass is 380 g/mol. The number of aliphatic hydroxyl groups excluding tert-OH is 1. The van der Waals surface area contributed by atoms with Crippen molar-refractivity contribution in [3.05, 3.63) is 29.8 Å². The van der Waals surface area contributed by atoms with Crippen LogP contribution in [0.3, 0.4) is 0 Å². The van der Waals surface area contributed by atoms with E-state index < -0.39 is 23.2 Å². The number of piperidine rings is 1. The number of hydrogen-bond acceptors (Lipinski definition) is 5. The van der Waals surface area contributed by atoms with E-state index in [2.05, 4.69) is 11.0 Å². The first-order valence-corrected chi connectivity index (χ1v) is 10.5. The molecule has 7 fully saturated rings. The van der Waals surface area contributed by atoms with E-state index in [1.165, 1.54) is 7.11 Å². The number of fused-ring (bicyclic) bond motifs is 2. The highest BCUT2D eigenvalue weighted by Gasteiger charge is 2.90. The minimum atomic E-state index is -0.828. The molecule has 3 aliphatic heterocycles. The van der Waals surface area contributed by atoms with E-state index in [1.807, 2.05) is 18.2 Å². The quantitative estimate of drug-likeness (QED) is 0.742. The van der Waals surface area contributed by atoms with Gasteiger partial charge in [-0.2, -0.15) is 0 Å². The van der Waals surface area contributed by atoms with Crippen molar-refractivity contribution in [2.45, 2.75) is 48.8 Å². The molecular weight excluding hydrogens is 356 g/mol. The van der Waals surface area contributed by atoms with Gasteiger partial charge in [0.05, 0.1) is 35.8 Å². The number of rotatable bonds is 0. The maximum atomic E-state index is 13.8. The maximum Gasteiger partial charge on any atom is 0.414 e.